The van der Waals surface area contributed by atoms with Crippen molar-refractivity contribution in [3.05, 3.63) is 23.8 Å². The molecular formula is C21H25N3O3S. The zero-order chi connectivity index (χ0) is 19.3. The van der Waals surface area contributed by atoms with Gasteiger partial charge >= 0.3 is 0 Å². The summed E-state index contributed by atoms with van der Waals surface area (Å²) in [6.07, 6.45) is 7.17. The minimum atomic E-state index is -0.357. The first-order valence-electron chi connectivity index (χ1n) is 10.2. The van der Waals surface area contributed by atoms with E-state index in [-0.39, 0.29) is 23.1 Å². The van der Waals surface area contributed by atoms with Crippen molar-refractivity contribution in [3.63, 3.8) is 0 Å². The first kappa shape index (κ1) is 18.0. The second-order valence-electron chi connectivity index (χ2n) is 8.96. The lowest BCUT2D eigenvalue weighted by Gasteiger charge is -2.55. The molecule has 6 rings (SSSR count). The minimum absolute atomic E-state index is 0.0291. The molecule has 6 nitrogen and oxygen atoms in total. The van der Waals surface area contributed by atoms with E-state index in [2.05, 4.69) is 16.2 Å². The average Bonchev–Trinajstić information content (AvgIpc) is 2.84. The number of hydrazine groups is 1. The van der Waals surface area contributed by atoms with E-state index in [1.54, 1.807) is 23.9 Å². The number of anilines is 1. The van der Waals surface area contributed by atoms with Gasteiger partial charge in [0, 0.05) is 22.6 Å². The van der Waals surface area contributed by atoms with Gasteiger partial charge in [-0.1, -0.05) is 0 Å². The van der Waals surface area contributed by atoms with Crippen molar-refractivity contribution in [2.45, 2.75) is 49.8 Å². The minimum Gasteiger partial charge on any atom is -0.325 e. The Morgan fingerprint density at radius 1 is 1.04 bits per heavy atom. The Bertz CT molecular complexity index is 818. The van der Waals surface area contributed by atoms with Gasteiger partial charge in [-0.15, -0.1) is 11.8 Å². The predicted molar refractivity (Wildman–Crippen MR) is 107 cm³/mol. The second kappa shape index (κ2) is 6.79. The zero-order valence-corrected chi connectivity index (χ0v) is 16.6. The first-order valence-corrected chi connectivity index (χ1v) is 11.2. The fraction of sp³-hybridized carbons (Fsp3) is 0.571. The topological polar surface area (TPSA) is 87.3 Å². The van der Waals surface area contributed by atoms with E-state index in [0.29, 0.717) is 35.4 Å². The number of nitrogens with one attached hydrogen (secondary N) is 3. The molecule has 1 aromatic rings. The summed E-state index contributed by atoms with van der Waals surface area (Å²) in [6.45, 7) is 0. The maximum absolute atomic E-state index is 13.0. The van der Waals surface area contributed by atoms with Crippen LogP contribution in [0, 0.1) is 23.2 Å². The molecule has 4 fully saturated rings. The lowest BCUT2D eigenvalue weighted by Crippen LogP contribution is -2.56. The highest BCUT2D eigenvalue weighted by Crippen LogP contribution is 2.60. The van der Waals surface area contributed by atoms with Crippen LogP contribution in [0.4, 0.5) is 5.69 Å². The van der Waals surface area contributed by atoms with E-state index in [1.807, 2.05) is 6.07 Å². The van der Waals surface area contributed by atoms with Gasteiger partial charge in [-0.25, -0.2) is 0 Å². The number of rotatable bonds is 2. The lowest BCUT2D eigenvalue weighted by atomic mass is 9.49. The fourth-order valence-corrected chi connectivity index (χ4v) is 7.01. The molecule has 3 amide bonds. The summed E-state index contributed by atoms with van der Waals surface area (Å²) in [6, 6.07) is 5.26. The second-order valence-corrected chi connectivity index (χ2v) is 10.1. The van der Waals surface area contributed by atoms with Crippen LogP contribution in [0.15, 0.2) is 23.1 Å². The predicted octanol–water partition coefficient (Wildman–Crippen LogP) is 3.10. The summed E-state index contributed by atoms with van der Waals surface area (Å²) in [5, 5.41) is 2.84. The highest BCUT2D eigenvalue weighted by atomic mass is 32.2. The Hall–Kier alpha value is -2.02. The molecule has 1 aliphatic heterocycles. The van der Waals surface area contributed by atoms with Crippen LogP contribution in [0.1, 0.15) is 55.3 Å². The van der Waals surface area contributed by atoms with Crippen LogP contribution < -0.4 is 16.2 Å². The molecule has 4 aliphatic carbocycles. The number of hydrogen-bond acceptors (Lipinski definition) is 4. The molecule has 28 heavy (non-hydrogen) atoms. The number of benzene rings is 1. The molecular weight excluding hydrogens is 374 g/mol. The summed E-state index contributed by atoms with van der Waals surface area (Å²) in [5.41, 5.74) is 6.10. The van der Waals surface area contributed by atoms with Gasteiger partial charge in [-0.3, -0.25) is 25.2 Å². The highest BCUT2D eigenvalue weighted by Gasteiger charge is 2.54. The van der Waals surface area contributed by atoms with Crippen molar-refractivity contribution in [3.8, 4) is 0 Å². The maximum atomic E-state index is 13.0. The van der Waals surface area contributed by atoms with Gasteiger partial charge in [0.05, 0.1) is 11.1 Å². The molecule has 0 atom stereocenters. The molecule has 0 aromatic heterocycles. The molecule has 148 valence electrons. The van der Waals surface area contributed by atoms with Crippen molar-refractivity contribution in [2.75, 3.05) is 11.1 Å². The molecule has 4 saturated carbocycles. The quantitative estimate of drug-likeness (QED) is 0.667. The molecule has 1 heterocycles. The fourth-order valence-electron chi connectivity index (χ4n) is 6.07. The molecule has 0 radical (unpaired) electrons. The van der Waals surface area contributed by atoms with Crippen molar-refractivity contribution in [2.24, 2.45) is 23.2 Å². The van der Waals surface area contributed by atoms with Gasteiger partial charge in [0.2, 0.25) is 11.8 Å². The Morgan fingerprint density at radius 3 is 2.39 bits per heavy atom. The van der Waals surface area contributed by atoms with E-state index in [4.69, 9.17) is 0 Å². The molecule has 0 saturated heterocycles. The molecule has 7 heteroatoms. The molecule has 0 unspecified atom stereocenters. The Kier molecular flexibility index (Phi) is 4.38. The van der Waals surface area contributed by atoms with Crippen LogP contribution >= 0.6 is 11.8 Å². The van der Waals surface area contributed by atoms with Crippen LogP contribution in [0.25, 0.3) is 0 Å². The van der Waals surface area contributed by atoms with Crippen LogP contribution in [0.5, 0.6) is 0 Å². The molecule has 3 N–H and O–H groups in total. The largest absolute Gasteiger partial charge is 0.325 e. The summed E-state index contributed by atoms with van der Waals surface area (Å²) in [7, 11) is 0. The third kappa shape index (κ3) is 3.19. The summed E-state index contributed by atoms with van der Waals surface area (Å²) in [4.78, 5) is 38.3. The average molecular weight is 400 g/mol. The highest BCUT2D eigenvalue weighted by molar-refractivity contribution is 7.99. The number of thioether (sulfide) groups is 1. The van der Waals surface area contributed by atoms with E-state index in [1.165, 1.54) is 19.3 Å². The van der Waals surface area contributed by atoms with Crippen molar-refractivity contribution in [1.82, 2.24) is 10.9 Å². The number of fused-ring (bicyclic) bond motifs is 1. The summed E-state index contributed by atoms with van der Waals surface area (Å²) < 4.78 is 0. The molecule has 5 aliphatic rings. The van der Waals surface area contributed by atoms with Crippen LogP contribution in [0.3, 0.4) is 0 Å². The van der Waals surface area contributed by atoms with Gasteiger partial charge in [0.25, 0.3) is 5.91 Å². The lowest BCUT2D eigenvalue weighted by molar-refractivity contribution is -0.147. The van der Waals surface area contributed by atoms with E-state index < -0.39 is 0 Å². The zero-order valence-electron chi connectivity index (χ0n) is 15.8. The van der Waals surface area contributed by atoms with E-state index >= 15 is 0 Å². The molecule has 4 bridgehead atoms. The van der Waals surface area contributed by atoms with Gasteiger partial charge in [0.15, 0.2) is 0 Å². The third-order valence-electron chi connectivity index (χ3n) is 6.91. The van der Waals surface area contributed by atoms with E-state index in [0.717, 1.165) is 29.9 Å². The monoisotopic (exact) mass is 399 g/mol. The van der Waals surface area contributed by atoms with Crippen molar-refractivity contribution < 1.29 is 14.4 Å². The SMILES string of the molecule is O=C1CCSc2ccc(C(=O)NNC(=O)C34CC5CC(CC(C5)C3)C4)cc2N1. The number of amides is 3. The van der Waals surface area contributed by atoms with Crippen molar-refractivity contribution in [1.29, 1.82) is 0 Å². The number of hydrogen-bond donors (Lipinski definition) is 3. The third-order valence-corrected chi connectivity index (χ3v) is 7.99. The molecule has 0 spiro atoms. The van der Waals surface area contributed by atoms with Crippen molar-refractivity contribution >= 4 is 35.2 Å². The summed E-state index contributed by atoms with van der Waals surface area (Å²) >= 11 is 1.60. The number of carbonyl (C=O) groups excluding carboxylic acids is 3. The Labute approximate surface area is 168 Å². The standard InChI is InChI=1S/C21H25N3O3S/c25-18-3-4-28-17-2-1-15(8-16(17)22-18)19(26)23-24-20(27)21-9-12-5-13(10-21)7-14(6-12)11-21/h1-2,8,12-14H,3-7,9-11H2,(H,22,25)(H,23,26)(H,24,27). The van der Waals surface area contributed by atoms with Gasteiger partial charge in [0.1, 0.15) is 0 Å². The first-order chi connectivity index (χ1) is 13.5. The summed E-state index contributed by atoms with van der Waals surface area (Å²) in [5.74, 6) is 2.34. The number of carbonyl (C=O) groups is 3. The van der Waals surface area contributed by atoms with Crippen LogP contribution in [-0.2, 0) is 9.59 Å². The molecule has 1 aromatic carbocycles. The normalized spacial score (nSPS) is 32.9. The van der Waals surface area contributed by atoms with Gasteiger partial charge < -0.3 is 5.32 Å². The van der Waals surface area contributed by atoms with Crippen LogP contribution in [0.2, 0.25) is 0 Å². The smallest absolute Gasteiger partial charge is 0.269 e. The van der Waals surface area contributed by atoms with Crippen LogP contribution in [-0.4, -0.2) is 23.5 Å². The maximum Gasteiger partial charge on any atom is 0.269 e. The van der Waals surface area contributed by atoms with Gasteiger partial charge in [-0.2, -0.15) is 0 Å². The van der Waals surface area contributed by atoms with E-state index in [9.17, 15) is 14.4 Å². The Balaban J connectivity index is 1.25. The van der Waals surface area contributed by atoms with Gasteiger partial charge in [-0.05, 0) is 74.5 Å². The Morgan fingerprint density at radius 2 is 1.71 bits per heavy atom.